The fourth-order valence-corrected chi connectivity index (χ4v) is 2.99. The van der Waals surface area contributed by atoms with Crippen LogP contribution in [0.3, 0.4) is 0 Å². The van der Waals surface area contributed by atoms with Crippen LogP contribution in [-0.2, 0) is 11.3 Å². The molecule has 22 heavy (non-hydrogen) atoms. The van der Waals surface area contributed by atoms with E-state index in [-0.39, 0.29) is 5.54 Å². The molecule has 0 unspecified atom stereocenters. The highest BCUT2D eigenvalue weighted by Crippen LogP contribution is 2.20. The van der Waals surface area contributed by atoms with E-state index in [4.69, 9.17) is 10.00 Å². The van der Waals surface area contributed by atoms with E-state index in [0.717, 1.165) is 26.2 Å². The minimum atomic E-state index is 0.0961. The lowest BCUT2D eigenvalue weighted by atomic mass is 10.00. The van der Waals surface area contributed by atoms with Gasteiger partial charge in [0.25, 0.3) is 0 Å². The van der Waals surface area contributed by atoms with Crippen LogP contribution in [0.15, 0.2) is 24.3 Å². The average molecular weight is 301 g/mol. The van der Waals surface area contributed by atoms with Gasteiger partial charge >= 0.3 is 0 Å². The molecule has 0 saturated carbocycles. The van der Waals surface area contributed by atoms with E-state index < -0.39 is 0 Å². The topological polar surface area (TPSA) is 48.3 Å². The van der Waals surface area contributed by atoms with E-state index in [0.29, 0.717) is 17.8 Å². The maximum Gasteiger partial charge on any atom is 0.0991 e. The Hall–Kier alpha value is -1.41. The lowest BCUT2D eigenvalue weighted by Gasteiger charge is -2.45. The monoisotopic (exact) mass is 301 g/mol. The fourth-order valence-electron chi connectivity index (χ4n) is 2.99. The van der Waals surface area contributed by atoms with Crippen LogP contribution in [0, 0.1) is 11.3 Å². The van der Waals surface area contributed by atoms with E-state index in [1.165, 1.54) is 5.56 Å². The molecule has 1 heterocycles. The first kappa shape index (κ1) is 17.0. The van der Waals surface area contributed by atoms with Gasteiger partial charge in [-0.05, 0) is 45.4 Å². The molecule has 0 aliphatic carbocycles. The van der Waals surface area contributed by atoms with Gasteiger partial charge in [-0.15, -0.1) is 0 Å². The predicted octanol–water partition coefficient (Wildman–Crippen LogP) is 2.54. The summed E-state index contributed by atoms with van der Waals surface area (Å²) in [5.41, 5.74) is 2.01. The quantitative estimate of drug-likeness (QED) is 0.908. The molecule has 2 atom stereocenters. The summed E-state index contributed by atoms with van der Waals surface area (Å²) in [5.74, 6) is 0. The second kappa shape index (κ2) is 7.23. The van der Waals surface area contributed by atoms with Crippen LogP contribution in [0.1, 0.15) is 38.8 Å². The number of ether oxygens (including phenoxy) is 1. The Labute approximate surface area is 134 Å². The van der Waals surface area contributed by atoms with E-state index in [9.17, 15) is 0 Å². The van der Waals surface area contributed by atoms with Crippen molar-refractivity contribution in [2.45, 2.75) is 52.0 Å². The fraction of sp³-hybridized carbons (Fsp3) is 0.611. The number of hydrogen-bond donors (Lipinski definition) is 1. The molecule has 1 fully saturated rings. The first-order chi connectivity index (χ1) is 10.4. The van der Waals surface area contributed by atoms with Crippen molar-refractivity contribution in [1.29, 1.82) is 5.26 Å². The van der Waals surface area contributed by atoms with Gasteiger partial charge in [-0.3, -0.25) is 4.90 Å². The van der Waals surface area contributed by atoms with E-state index >= 15 is 0 Å². The molecular weight excluding hydrogens is 274 g/mol. The minimum absolute atomic E-state index is 0.0961. The lowest BCUT2D eigenvalue weighted by molar-refractivity contribution is -0.0952. The van der Waals surface area contributed by atoms with E-state index in [1.807, 2.05) is 24.3 Å². The first-order valence-electron chi connectivity index (χ1n) is 8.01. The molecule has 0 bridgehead atoms. The molecule has 0 radical (unpaired) electrons. The van der Waals surface area contributed by atoms with E-state index in [2.05, 4.69) is 44.0 Å². The zero-order valence-corrected chi connectivity index (χ0v) is 14.1. The number of morpholine rings is 1. The zero-order valence-electron chi connectivity index (χ0n) is 14.1. The normalized spacial score (nSPS) is 23.2. The summed E-state index contributed by atoms with van der Waals surface area (Å²) in [6.07, 6.45) is 0.586. The number of hydrogen-bond acceptors (Lipinski definition) is 4. The standard InChI is InChI=1S/C18H27N3O/c1-14-11-21(12-15(2)22-14)18(3,4)13-20-10-17-7-5-16(9-19)6-8-17/h5-8,14-15,20H,10-13H2,1-4H3/t14-,15-/m0/s1. The Bertz CT molecular complexity index is 508. The van der Waals surface area contributed by atoms with Crippen molar-refractivity contribution in [2.24, 2.45) is 0 Å². The third-order valence-corrected chi connectivity index (χ3v) is 4.25. The molecule has 0 spiro atoms. The first-order valence-corrected chi connectivity index (χ1v) is 8.01. The van der Waals surface area contributed by atoms with Gasteiger partial charge in [-0.2, -0.15) is 5.26 Å². The van der Waals surface area contributed by atoms with Crippen LogP contribution < -0.4 is 5.32 Å². The highest BCUT2D eigenvalue weighted by Gasteiger charge is 2.32. The molecule has 1 aliphatic rings. The number of nitrogens with zero attached hydrogens (tertiary/aromatic N) is 2. The van der Waals surface area contributed by atoms with Crippen molar-refractivity contribution in [2.75, 3.05) is 19.6 Å². The number of benzene rings is 1. The summed E-state index contributed by atoms with van der Waals surface area (Å²) >= 11 is 0. The third kappa shape index (κ3) is 4.54. The van der Waals surface area contributed by atoms with Crippen LogP contribution in [0.4, 0.5) is 0 Å². The Morgan fingerprint density at radius 1 is 1.23 bits per heavy atom. The van der Waals surface area contributed by atoms with Crippen LogP contribution in [0.5, 0.6) is 0 Å². The van der Waals surface area contributed by atoms with Gasteiger partial charge < -0.3 is 10.1 Å². The molecule has 2 rings (SSSR count). The second-order valence-electron chi connectivity index (χ2n) is 6.89. The summed E-state index contributed by atoms with van der Waals surface area (Å²) in [7, 11) is 0. The van der Waals surface area contributed by atoms with E-state index in [1.54, 1.807) is 0 Å². The molecule has 1 aromatic carbocycles. The van der Waals surface area contributed by atoms with Crippen molar-refractivity contribution in [3.05, 3.63) is 35.4 Å². The van der Waals surface area contributed by atoms with Gasteiger partial charge in [-0.25, -0.2) is 0 Å². The highest BCUT2D eigenvalue weighted by atomic mass is 16.5. The molecule has 4 nitrogen and oxygen atoms in total. The highest BCUT2D eigenvalue weighted by molar-refractivity contribution is 5.31. The van der Waals surface area contributed by atoms with Crippen molar-refractivity contribution < 1.29 is 4.74 Å². The number of rotatable bonds is 5. The van der Waals surface area contributed by atoms with Gasteiger partial charge in [0.1, 0.15) is 0 Å². The van der Waals surface area contributed by atoms with Crippen LogP contribution in [0.2, 0.25) is 0 Å². The lowest BCUT2D eigenvalue weighted by Crippen LogP contribution is -2.58. The number of nitrogens with one attached hydrogen (secondary N) is 1. The Morgan fingerprint density at radius 3 is 2.36 bits per heavy atom. The summed E-state index contributed by atoms with van der Waals surface area (Å²) in [6, 6.07) is 9.91. The van der Waals surface area contributed by atoms with Gasteiger partial charge in [0, 0.05) is 31.7 Å². The van der Waals surface area contributed by atoms with Crippen LogP contribution >= 0.6 is 0 Å². The molecule has 1 saturated heterocycles. The van der Waals surface area contributed by atoms with Crippen molar-refractivity contribution >= 4 is 0 Å². The SMILES string of the molecule is C[C@H]1CN(C(C)(C)CNCc2ccc(C#N)cc2)C[C@H](C)O1. The minimum Gasteiger partial charge on any atom is -0.373 e. The molecule has 1 aromatic rings. The summed E-state index contributed by atoms with van der Waals surface area (Å²) in [4.78, 5) is 2.51. The molecule has 120 valence electrons. The maximum atomic E-state index is 8.82. The molecule has 4 heteroatoms. The number of nitriles is 1. The van der Waals surface area contributed by atoms with Gasteiger partial charge in [0.2, 0.25) is 0 Å². The second-order valence-corrected chi connectivity index (χ2v) is 6.89. The van der Waals surface area contributed by atoms with Gasteiger partial charge in [0.05, 0.1) is 23.8 Å². The Balaban J connectivity index is 1.85. The molecule has 1 aliphatic heterocycles. The summed E-state index contributed by atoms with van der Waals surface area (Å²) in [5, 5.41) is 12.4. The van der Waals surface area contributed by atoms with Gasteiger partial charge in [0.15, 0.2) is 0 Å². The predicted molar refractivity (Wildman–Crippen MR) is 88.5 cm³/mol. The zero-order chi connectivity index (χ0) is 16.2. The van der Waals surface area contributed by atoms with Crippen molar-refractivity contribution in [3.8, 4) is 6.07 Å². The Kier molecular flexibility index (Phi) is 5.57. The molecular formula is C18H27N3O. The maximum absolute atomic E-state index is 8.82. The Morgan fingerprint density at radius 2 is 1.82 bits per heavy atom. The molecule has 0 aromatic heterocycles. The van der Waals surface area contributed by atoms with Crippen molar-refractivity contribution in [3.63, 3.8) is 0 Å². The average Bonchev–Trinajstić information content (AvgIpc) is 2.47. The van der Waals surface area contributed by atoms with Crippen molar-refractivity contribution in [1.82, 2.24) is 10.2 Å². The summed E-state index contributed by atoms with van der Waals surface area (Å²) < 4.78 is 5.82. The molecule has 0 amide bonds. The summed E-state index contributed by atoms with van der Waals surface area (Å²) in [6.45, 7) is 12.6. The largest absolute Gasteiger partial charge is 0.373 e. The molecule has 1 N–H and O–H groups in total. The third-order valence-electron chi connectivity index (χ3n) is 4.25. The van der Waals surface area contributed by atoms with Gasteiger partial charge in [-0.1, -0.05) is 12.1 Å². The van der Waals surface area contributed by atoms with Crippen LogP contribution in [0.25, 0.3) is 0 Å². The van der Waals surface area contributed by atoms with Crippen LogP contribution in [-0.4, -0.2) is 42.3 Å². The smallest absolute Gasteiger partial charge is 0.0991 e.